The highest BCUT2D eigenvalue weighted by Crippen LogP contribution is 2.53. The molecule has 3 heterocycles. The van der Waals surface area contributed by atoms with Crippen LogP contribution < -0.4 is 5.32 Å². The molecule has 0 amide bonds. The summed E-state index contributed by atoms with van der Waals surface area (Å²) in [7, 11) is 0. The summed E-state index contributed by atoms with van der Waals surface area (Å²) in [5.74, 6) is 1.17. The Bertz CT molecular complexity index is 1230. The zero-order valence-electron chi connectivity index (χ0n) is 20.3. The molecule has 1 atom stereocenters. The number of anilines is 2. The second-order valence-electron chi connectivity index (χ2n) is 9.98. The second kappa shape index (κ2) is 9.32. The SMILES string of the molecule is CCC(O)(c1ncc(-c2cc(C)cc(Nc3cc(C4CC4)ccn3)n2)s1)C1(C(=O)O)CCCCC1. The van der Waals surface area contributed by atoms with Gasteiger partial charge in [-0.3, -0.25) is 4.79 Å². The molecule has 7 nitrogen and oxygen atoms in total. The van der Waals surface area contributed by atoms with E-state index in [-0.39, 0.29) is 0 Å². The average molecular weight is 493 g/mol. The minimum absolute atomic E-state index is 0.295. The first-order valence-electron chi connectivity index (χ1n) is 12.5. The van der Waals surface area contributed by atoms with Crippen molar-refractivity contribution in [2.24, 2.45) is 5.41 Å². The Morgan fingerprint density at radius 1 is 1.17 bits per heavy atom. The third-order valence-electron chi connectivity index (χ3n) is 7.59. The van der Waals surface area contributed by atoms with Gasteiger partial charge in [0.25, 0.3) is 0 Å². The van der Waals surface area contributed by atoms with E-state index in [0.29, 0.717) is 36.0 Å². The van der Waals surface area contributed by atoms with Crippen LogP contribution in [0.5, 0.6) is 0 Å². The number of carbonyl (C=O) groups is 1. The molecule has 1 unspecified atom stereocenters. The molecule has 2 saturated carbocycles. The fourth-order valence-corrected chi connectivity index (χ4v) is 6.55. The van der Waals surface area contributed by atoms with E-state index in [2.05, 4.69) is 27.4 Å². The fraction of sp³-hybridized carbons (Fsp3) is 0.481. The van der Waals surface area contributed by atoms with Gasteiger partial charge >= 0.3 is 5.97 Å². The number of aliphatic hydroxyl groups is 1. The monoisotopic (exact) mass is 492 g/mol. The van der Waals surface area contributed by atoms with Gasteiger partial charge in [0.05, 0.1) is 10.6 Å². The van der Waals surface area contributed by atoms with Crippen molar-refractivity contribution in [2.45, 2.75) is 76.7 Å². The van der Waals surface area contributed by atoms with Crippen molar-refractivity contribution in [3.05, 3.63) is 52.8 Å². The highest BCUT2D eigenvalue weighted by atomic mass is 32.1. The van der Waals surface area contributed by atoms with Crippen LogP contribution in [-0.2, 0) is 10.4 Å². The molecule has 3 N–H and O–H groups in total. The summed E-state index contributed by atoms with van der Waals surface area (Å²) in [6.45, 7) is 3.85. The molecule has 0 saturated heterocycles. The number of nitrogens with one attached hydrogen (secondary N) is 1. The van der Waals surface area contributed by atoms with Crippen LogP contribution in [0.15, 0.2) is 36.7 Å². The van der Waals surface area contributed by atoms with Gasteiger partial charge < -0.3 is 15.5 Å². The number of thiazole rings is 1. The quantitative estimate of drug-likeness (QED) is 0.345. The Morgan fingerprint density at radius 2 is 1.94 bits per heavy atom. The second-order valence-corrected chi connectivity index (χ2v) is 11.0. The van der Waals surface area contributed by atoms with Crippen LogP contribution in [0.4, 0.5) is 11.6 Å². The molecular formula is C27H32N4O3S. The van der Waals surface area contributed by atoms with E-state index in [9.17, 15) is 15.0 Å². The maximum absolute atomic E-state index is 12.5. The van der Waals surface area contributed by atoms with E-state index >= 15 is 0 Å². The number of pyridine rings is 2. The van der Waals surface area contributed by atoms with Gasteiger partial charge in [0.15, 0.2) is 0 Å². The van der Waals surface area contributed by atoms with E-state index < -0.39 is 17.0 Å². The van der Waals surface area contributed by atoms with Crippen molar-refractivity contribution in [2.75, 3.05) is 5.32 Å². The van der Waals surface area contributed by atoms with Crippen LogP contribution >= 0.6 is 11.3 Å². The molecule has 0 radical (unpaired) electrons. The number of aryl methyl sites for hydroxylation is 1. The number of rotatable bonds is 8. The van der Waals surface area contributed by atoms with Crippen molar-refractivity contribution in [3.8, 4) is 10.6 Å². The van der Waals surface area contributed by atoms with Crippen molar-refractivity contribution in [1.29, 1.82) is 0 Å². The van der Waals surface area contributed by atoms with Crippen LogP contribution in [0.1, 0.15) is 80.3 Å². The van der Waals surface area contributed by atoms with E-state index in [1.54, 1.807) is 6.20 Å². The molecule has 2 fully saturated rings. The highest BCUT2D eigenvalue weighted by molar-refractivity contribution is 7.15. The van der Waals surface area contributed by atoms with Crippen molar-refractivity contribution < 1.29 is 15.0 Å². The lowest BCUT2D eigenvalue weighted by Gasteiger charge is -2.45. The molecule has 3 aromatic heterocycles. The lowest BCUT2D eigenvalue weighted by atomic mass is 9.62. The summed E-state index contributed by atoms with van der Waals surface area (Å²) in [5.41, 5.74) is 0.351. The summed E-state index contributed by atoms with van der Waals surface area (Å²) in [6.07, 6.45) is 9.83. The van der Waals surface area contributed by atoms with Gasteiger partial charge in [-0.25, -0.2) is 15.0 Å². The Kier molecular flexibility index (Phi) is 6.36. The zero-order valence-corrected chi connectivity index (χ0v) is 21.1. The Balaban J connectivity index is 1.45. The standard InChI is InChI=1S/C27H32N4O3S/c1-3-27(34,26(25(32)33)10-5-4-6-11-26)24-29-16-21(35-24)20-13-17(2)14-23(30-20)31-22-15-19(9-12-28-22)18-7-8-18/h9,12-16,18,34H,3-8,10-11H2,1-2H3,(H,32,33)(H,28,30,31). The van der Waals surface area contributed by atoms with Gasteiger partial charge in [-0.2, -0.15) is 0 Å². The highest BCUT2D eigenvalue weighted by Gasteiger charge is 2.57. The van der Waals surface area contributed by atoms with Crippen molar-refractivity contribution in [1.82, 2.24) is 15.0 Å². The molecule has 3 aromatic rings. The van der Waals surface area contributed by atoms with Gasteiger partial charge in [-0.15, -0.1) is 11.3 Å². The number of carboxylic acid groups (broad SMARTS) is 1. The van der Waals surface area contributed by atoms with E-state index in [1.807, 2.05) is 32.2 Å². The molecule has 0 aromatic carbocycles. The number of aliphatic carboxylic acids is 1. The lowest BCUT2D eigenvalue weighted by molar-refractivity contribution is -0.178. The zero-order chi connectivity index (χ0) is 24.6. The van der Waals surface area contributed by atoms with Gasteiger partial charge in [-0.05, 0) is 80.3 Å². The van der Waals surface area contributed by atoms with E-state index in [4.69, 9.17) is 4.98 Å². The number of aromatic nitrogens is 3. The molecule has 8 heteroatoms. The normalized spacial score (nSPS) is 19.2. The molecule has 5 rings (SSSR count). The van der Waals surface area contributed by atoms with Gasteiger partial charge in [0.1, 0.15) is 27.7 Å². The first kappa shape index (κ1) is 23.9. The van der Waals surface area contributed by atoms with Crippen LogP contribution in [0.3, 0.4) is 0 Å². The molecule has 35 heavy (non-hydrogen) atoms. The summed E-state index contributed by atoms with van der Waals surface area (Å²) in [4.78, 5) is 27.1. The average Bonchev–Trinajstić information content (AvgIpc) is 3.59. The molecule has 184 valence electrons. The first-order valence-corrected chi connectivity index (χ1v) is 13.3. The first-order chi connectivity index (χ1) is 16.8. The summed E-state index contributed by atoms with van der Waals surface area (Å²) < 4.78 is 0. The molecule has 0 aliphatic heterocycles. The van der Waals surface area contributed by atoms with Crippen LogP contribution in [0, 0.1) is 12.3 Å². The van der Waals surface area contributed by atoms with E-state index in [0.717, 1.165) is 41.2 Å². The Labute approximate surface area is 209 Å². The molecular weight excluding hydrogens is 460 g/mol. The molecule has 2 aliphatic rings. The largest absolute Gasteiger partial charge is 0.481 e. The predicted molar refractivity (Wildman–Crippen MR) is 137 cm³/mol. The number of hydrogen-bond acceptors (Lipinski definition) is 7. The van der Waals surface area contributed by atoms with Gasteiger partial charge in [-0.1, -0.05) is 26.2 Å². The predicted octanol–water partition coefficient (Wildman–Crippen LogP) is 6.16. The smallest absolute Gasteiger partial charge is 0.313 e. The number of hydrogen-bond donors (Lipinski definition) is 3. The maximum Gasteiger partial charge on any atom is 0.313 e. The third-order valence-corrected chi connectivity index (χ3v) is 8.76. The van der Waals surface area contributed by atoms with Crippen LogP contribution in [0.25, 0.3) is 10.6 Å². The number of carboxylic acids is 1. The summed E-state index contributed by atoms with van der Waals surface area (Å²) in [5, 5.41) is 25.8. The molecule has 2 aliphatic carbocycles. The van der Waals surface area contributed by atoms with Crippen molar-refractivity contribution >= 4 is 28.9 Å². The third kappa shape index (κ3) is 4.45. The molecule has 0 spiro atoms. The fourth-order valence-electron chi connectivity index (χ4n) is 5.41. The van der Waals surface area contributed by atoms with Crippen molar-refractivity contribution in [3.63, 3.8) is 0 Å². The summed E-state index contributed by atoms with van der Waals surface area (Å²) >= 11 is 1.34. The minimum Gasteiger partial charge on any atom is -0.481 e. The maximum atomic E-state index is 12.5. The lowest BCUT2D eigenvalue weighted by Crippen LogP contribution is -2.52. The van der Waals surface area contributed by atoms with Gasteiger partial charge in [0.2, 0.25) is 0 Å². The Morgan fingerprint density at radius 3 is 2.63 bits per heavy atom. The van der Waals surface area contributed by atoms with Gasteiger partial charge in [0, 0.05) is 12.4 Å². The summed E-state index contributed by atoms with van der Waals surface area (Å²) in [6, 6.07) is 8.11. The minimum atomic E-state index is -1.51. The molecule has 0 bridgehead atoms. The number of nitrogens with zero attached hydrogens (tertiary/aromatic N) is 3. The Hall–Kier alpha value is -2.84. The topological polar surface area (TPSA) is 108 Å². The van der Waals surface area contributed by atoms with Crippen LogP contribution in [0.2, 0.25) is 0 Å². The van der Waals surface area contributed by atoms with Crippen LogP contribution in [-0.4, -0.2) is 31.1 Å². The van der Waals surface area contributed by atoms with E-state index in [1.165, 1.54) is 29.7 Å².